The number of benzene rings is 1. The van der Waals surface area contributed by atoms with E-state index in [4.69, 9.17) is 4.74 Å². The molecule has 3 fully saturated rings. The van der Waals surface area contributed by atoms with Crippen LogP contribution in [0.1, 0.15) is 25.7 Å². The summed E-state index contributed by atoms with van der Waals surface area (Å²) in [4.78, 5) is 16.6. The molecule has 7 heteroatoms. The van der Waals surface area contributed by atoms with E-state index in [2.05, 4.69) is 15.5 Å². The molecule has 3 saturated heterocycles. The number of morpholine rings is 1. The van der Waals surface area contributed by atoms with Crippen LogP contribution in [0.25, 0.3) is 0 Å². The van der Waals surface area contributed by atoms with Crippen molar-refractivity contribution in [2.24, 2.45) is 5.92 Å². The van der Waals surface area contributed by atoms with Gasteiger partial charge in [-0.15, -0.1) is 0 Å². The Balaban J connectivity index is 1.34. The van der Waals surface area contributed by atoms with Crippen molar-refractivity contribution in [1.29, 1.82) is 0 Å². The fourth-order valence-electron chi connectivity index (χ4n) is 4.47. The average Bonchev–Trinajstić information content (AvgIpc) is 3.23. The quantitative estimate of drug-likeness (QED) is 0.852. The Morgan fingerprint density at radius 1 is 1.11 bits per heavy atom. The molecular weight excluding hydrogens is 347 g/mol. The summed E-state index contributed by atoms with van der Waals surface area (Å²) in [7, 11) is 0. The molecular formula is C20H29FN4O2. The van der Waals surface area contributed by atoms with Crippen LogP contribution in [0.4, 0.5) is 20.6 Å². The number of amides is 2. The second-order valence-corrected chi connectivity index (χ2v) is 7.76. The molecule has 0 aliphatic carbocycles. The summed E-state index contributed by atoms with van der Waals surface area (Å²) in [6, 6.07) is 5.24. The summed E-state index contributed by atoms with van der Waals surface area (Å²) in [6.07, 6.45) is 4.58. The zero-order valence-electron chi connectivity index (χ0n) is 15.8. The van der Waals surface area contributed by atoms with Gasteiger partial charge in [0.2, 0.25) is 0 Å². The minimum atomic E-state index is -0.333. The normalized spacial score (nSPS) is 24.3. The topological polar surface area (TPSA) is 56.8 Å². The van der Waals surface area contributed by atoms with E-state index in [1.807, 2.05) is 11.0 Å². The lowest BCUT2D eigenvalue weighted by Crippen LogP contribution is -2.44. The van der Waals surface area contributed by atoms with Crippen molar-refractivity contribution in [3.63, 3.8) is 0 Å². The maximum Gasteiger partial charge on any atom is 0.321 e. The Morgan fingerprint density at radius 2 is 1.89 bits per heavy atom. The highest BCUT2D eigenvalue weighted by atomic mass is 19.1. The molecule has 3 aliphatic rings. The highest BCUT2D eigenvalue weighted by Crippen LogP contribution is 2.27. The van der Waals surface area contributed by atoms with E-state index in [1.54, 1.807) is 0 Å². The van der Waals surface area contributed by atoms with Crippen LogP contribution in [-0.4, -0.2) is 62.9 Å². The predicted octanol–water partition coefficient (Wildman–Crippen LogP) is 2.66. The lowest BCUT2D eigenvalue weighted by molar-refractivity contribution is 0.122. The second-order valence-electron chi connectivity index (χ2n) is 7.76. The highest BCUT2D eigenvalue weighted by Gasteiger charge is 2.30. The van der Waals surface area contributed by atoms with Gasteiger partial charge in [-0.1, -0.05) is 0 Å². The molecule has 1 unspecified atom stereocenters. The van der Waals surface area contributed by atoms with Crippen molar-refractivity contribution in [1.82, 2.24) is 10.2 Å². The van der Waals surface area contributed by atoms with Crippen LogP contribution in [0.2, 0.25) is 0 Å². The zero-order valence-corrected chi connectivity index (χ0v) is 15.8. The van der Waals surface area contributed by atoms with E-state index in [0.29, 0.717) is 30.9 Å². The molecule has 148 valence electrons. The molecule has 0 saturated carbocycles. The summed E-state index contributed by atoms with van der Waals surface area (Å²) in [5.41, 5.74) is 1.31. The van der Waals surface area contributed by atoms with Gasteiger partial charge in [-0.05, 0) is 56.3 Å². The summed E-state index contributed by atoms with van der Waals surface area (Å²) in [6.45, 7) is 5.40. The number of halogens is 1. The number of hydrogen-bond acceptors (Lipinski definition) is 4. The van der Waals surface area contributed by atoms with Crippen LogP contribution in [0.5, 0.6) is 0 Å². The van der Waals surface area contributed by atoms with Crippen LogP contribution >= 0.6 is 0 Å². The van der Waals surface area contributed by atoms with Crippen LogP contribution in [0, 0.1) is 11.7 Å². The maximum atomic E-state index is 14.1. The number of carbonyl (C=O) groups is 1. The third kappa shape index (κ3) is 4.52. The third-order valence-electron chi connectivity index (χ3n) is 6.00. The molecule has 2 N–H and O–H groups in total. The Bertz CT molecular complexity index is 651. The standard InChI is InChI=1S/C20H29FN4O2/c21-16-12-17(14-18(13-16)24-8-10-27-11-9-24)23-20(26)25-6-3-15(4-7-25)19-2-1-5-22-19/h12-15,19,22H,1-11H2,(H,23,26). The second kappa shape index (κ2) is 8.44. The van der Waals surface area contributed by atoms with Crippen molar-refractivity contribution in [3.8, 4) is 0 Å². The first-order valence-electron chi connectivity index (χ1n) is 10.1. The molecule has 0 bridgehead atoms. The van der Waals surface area contributed by atoms with Crippen molar-refractivity contribution in [2.45, 2.75) is 31.7 Å². The number of urea groups is 1. The van der Waals surface area contributed by atoms with Crippen LogP contribution in [0.3, 0.4) is 0 Å². The number of likely N-dealkylation sites (tertiary alicyclic amines) is 1. The van der Waals surface area contributed by atoms with Crippen molar-refractivity contribution < 1.29 is 13.9 Å². The zero-order chi connectivity index (χ0) is 18.6. The number of hydrogen-bond donors (Lipinski definition) is 2. The molecule has 3 aliphatic heterocycles. The van der Waals surface area contributed by atoms with Gasteiger partial charge in [0.15, 0.2) is 0 Å². The van der Waals surface area contributed by atoms with Gasteiger partial charge in [0.1, 0.15) is 5.82 Å². The molecule has 6 nitrogen and oxygen atoms in total. The van der Waals surface area contributed by atoms with Crippen molar-refractivity contribution in [3.05, 3.63) is 24.0 Å². The van der Waals surface area contributed by atoms with E-state index >= 15 is 0 Å². The summed E-state index contributed by atoms with van der Waals surface area (Å²) < 4.78 is 19.4. The largest absolute Gasteiger partial charge is 0.378 e. The van der Waals surface area contributed by atoms with Gasteiger partial charge >= 0.3 is 6.03 Å². The van der Waals surface area contributed by atoms with Gasteiger partial charge in [0, 0.05) is 43.6 Å². The lowest BCUT2D eigenvalue weighted by atomic mass is 9.89. The number of anilines is 2. The third-order valence-corrected chi connectivity index (χ3v) is 6.00. The monoisotopic (exact) mass is 376 g/mol. The molecule has 1 atom stereocenters. The van der Waals surface area contributed by atoms with E-state index in [9.17, 15) is 9.18 Å². The van der Waals surface area contributed by atoms with Gasteiger partial charge < -0.3 is 25.2 Å². The number of piperidine rings is 1. The van der Waals surface area contributed by atoms with Crippen LogP contribution < -0.4 is 15.5 Å². The van der Waals surface area contributed by atoms with Crippen molar-refractivity contribution in [2.75, 3.05) is 56.2 Å². The number of nitrogens with one attached hydrogen (secondary N) is 2. The molecule has 2 amide bonds. The SMILES string of the molecule is O=C(Nc1cc(F)cc(N2CCOCC2)c1)N1CCC(C2CCCN2)CC1. The molecule has 3 heterocycles. The molecule has 27 heavy (non-hydrogen) atoms. The number of nitrogens with zero attached hydrogens (tertiary/aromatic N) is 2. The van der Waals surface area contributed by atoms with Gasteiger partial charge in [0.05, 0.1) is 13.2 Å². The number of carbonyl (C=O) groups excluding carboxylic acids is 1. The summed E-state index contributed by atoms with van der Waals surface area (Å²) >= 11 is 0. The van der Waals surface area contributed by atoms with Crippen LogP contribution in [0.15, 0.2) is 18.2 Å². The molecule has 0 aromatic heterocycles. The Kier molecular flexibility index (Phi) is 5.78. The molecule has 0 spiro atoms. The van der Waals surface area contributed by atoms with E-state index in [1.165, 1.54) is 25.0 Å². The fourth-order valence-corrected chi connectivity index (χ4v) is 4.47. The maximum absolute atomic E-state index is 14.1. The average molecular weight is 376 g/mol. The van der Waals surface area contributed by atoms with E-state index in [0.717, 1.165) is 51.3 Å². The minimum Gasteiger partial charge on any atom is -0.378 e. The van der Waals surface area contributed by atoms with Gasteiger partial charge in [0.25, 0.3) is 0 Å². The number of rotatable bonds is 3. The number of ether oxygens (including phenoxy) is 1. The Morgan fingerprint density at radius 3 is 2.59 bits per heavy atom. The van der Waals surface area contributed by atoms with Crippen molar-refractivity contribution >= 4 is 17.4 Å². The Hall–Kier alpha value is -1.86. The smallest absolute Gasteiger partial charge is 0.321 e. The highest BCUT2D eigenvalue weighted by molar-refractivity contribution is 5.90. The first-order valence-corrected chi connectivity index (χ1v) is 10.1. The molecule has 1 aromatic rings. The molecule has 4 rings (SSSR count). The minimum absolute atomic E-state index is 0.133. The first kappa shape index (κ1) is 18.5. The van der Waals surface area contributed by atoms with E-state index < -0.39 is 0 Å². The van der Waals surface area contributed by atoms with E-state index in [-0.39, 0.29) is 11.8 Å². The van der Waals surface area contributed by atoms with Gasteiger partial charge in [-0.2, -0.15) is 0 Å². The molecule has 0 radical (unpaired) electrons. The van der Waals surface area contributed by atoms with Gasteiger partial charge in [-0.25, -0.2) is 9.18 Å². The predicted molar refractivity (Wildman–Crippen MR) is 104 cm³/mol. The fraction of sp³-hybridized carbons (Fsp3) is 0.650. The van der Waals surface area contributed by atoms with Gasteiger partial charge in [-0.3, -0.25) is 0 Å². The summed E-state index contributed by atoms with van der Waals surface area (Å²) in [5.74, 6) is 0.332. The first-order chi connectivity index (χ1) is 13.2. The molecule has 1 aromatic carbocycles. The summed E-state index contributed by atoms with van der Waals surface area (Å²) in [5, 5.41) is 6.47. The Labute approximate surface area is 160 Å². The lowest BCUT2D eigenvalue weighted by Gasteiger charge is -2.35. The van der Waals surface area contributed by atoms with Crippen LogP contribution in [-0.2, 0) is 4.74 Å².